The summed E-state index contributed by atoms with van der Waals surface area (Å²) in [5, 5.41) is 11.4. The number of hydrogen-bond donors (Lipinski definition) is 1. The maximum Gasteiger partial charge on any atom is 0.216 e. The van der Waals surface area contributed by atoms with Crippen molar-refractivity contribution in [3.05, 3.63) is 46.9 Å². The number of aromatic nitrogens is 4. The highest BCUT2D eigenvalue weighted by Crippen LogP contribution is 2.33. The van der Waals surface area contributed by atoms with Gasteiger partial charge in [0.2, 0.25) is 10.6 Å². The zero-order chi connectivity index (χ0) is 18.5. The van der Waals surface area contributed by atoms with Gasteiger partial charge in [-0.15, -0.1) is 0 Å². The summed E-state index contributed by atoms with van der Waals surface area (Å²) in [6.07, 6.45) is 3.29. The summed E-state index contributed by atoms with van der Waals surface area (Å²) in [5.41, 5.74) is 1.34. The molecule has 1 aromatic carbocycles. The normalized spacial score (nSPS) is 10.9. The zero-order valence-corrected chi connectivity index (χ0v) is 15.3. The molecule has 26 heavy (non-hydrogen) atoms. The maximum absolute atomic E-state index is 5.40. The minimum Gasteiger partial charge on any atom is -0.496 e. The Morgan fingerprint density at radius 2 is 1.81 bits per heavy atom. The number of methoxy groups -OCH3 is 3. The van der Waals surface area contributed by atoms with Crippen LogP contribution in [0.5, 0.6) is 17.2 Å². The van der Waals surface area contributed by atoms with E-state index < -0.39 is 0 Å². The molecule has 0 unspecified atom stereocenters. The Morgan fingerprint density at radius 1 is 1.08 bits per heavy atom. The molecule has 0 atom stereocenters. The molecule has 0 saturated heterocycles. The number of pyridine rings is 1. The molecule has 0 amide bonds. The van der Waals surface area contributed by atoms with Gasteiger partial charge in [0, 0.05) is 17.8 Å². The third-order valence-corrected chi connectivity index (χ3v) is 3.86. The van der Waals surface area contributed by atoms with E-state index in [1.807, 2.05) is 18.2 Å². The van der Waals surface area contributed by atoms with Gasteiger partial charge in [-0.25, -0.2) is 5.10 Å². The fraction of sp³-hybridized carbons (Fsp3) is 0.176. The molecule has 0 fully saturated rings. The molecule has 0 radical (unpaired) electrons. The summed E-state index contributed by atoms with van der Waals surface area (Å²) >= 11 is 5.27. The number of hydrogen-bond acceptors (Lipinski definition) is 7. The van der Waals surface area contributed by atoms with E-state index in [0.717, 1.165) is 0 Å². The molecule has 1 N–H and O–H groups in total. The van der Waals surface area contributed by atoms with E-state index in [-0.39, 0.29) is 0 Å². The molecule has 3 rings (SSSR count). The second kappa shape index (κ2) is 7.79. The highest BCUT2D eigenvalue weighted by molar-refractivity contribution is 7.71. The van der Waals surface area contributed by atoms with Crippen LogP contribution in [-0.2, 0) is 0 Å². The minimum atomic E-state index is 0.348. The largest absolute Gasteiger partial charge is 0.496 e. The van der Waals surface area contributed by atoms with Crippen LogP contribution in [0, 0.1) is 4.77 Å². The molecular formula is C17H17N5O3S. The Hall–Kier alpha value is -3.20. The fourth-order valence-electron chi connectivity index (χ4n) is 2.33. The summed E-state index contributed by atoms with van der Waals surface area (Å²) in [5.74, 6) is 2.22. The van der Waals surface area contributed by atoms with Crippen molar-refractivity contribution in [2.24, 2.45) is 5.10 Å². The van der Waals surface area contributed by atoms with Crippen molar-refractivity contribution >= 4 is 18.4 Å². The van der Waals surface area contributed by atoms with Gasteiger partial charge in [-0.3, -0.25) is 4.98 Å². The number of H-pyrrole nitrogens is 1. The highest BCUT2D eigenvalue weighted by atomic mass is 32.1. The number of ether oxygens (including phenoxy) is 3. The Morgan fingerprint density at radius 3 is 2.46 bits per heavy atom. The van der Waals surface area contributed by atoms with Gasteiger partial charge in [0.15, 0.2) is 11.5 Å². The molecule has 0 aliphatic carbocycles. The standard InChI is InChI=1S/C17H17N5O3S/c1-23-13-9-15(25-3)14(24-2)8-11(13)10-19-22-16(20-21-17(22)26)12-6-4-5-7-18-12/h4-10H,1-3H3,(H,21,26)/b19-10+. The van der Waals surface area contributed by atoms with Gasteiger partial charge >= 0.3 is 0 Å². The van der Waals surface area contributed by atoms with Crippen LogP contribution < -0.4 is 14.2 Å². The molecular weight excluding hydrogens is 354 g/mol. The molecule has 2 aromatic heterocycles. The molecule has 0 aliphatic heterocycles. The molecule has 0 spiro atoms. The van der Waals surface area contributed by atoms with Crippen molar-refractivity contribution in [1.82, 2.24) is 19.9 Å². The van der Waals surface area contributed by atoms with Crippen molar-refractivity contribution in [1.29, 1.82) is 0 Å². The molecule has 134 valence electrons. The summed E-state index contributed by atoms with van der Waals surface area (Å²) in [4.78, 5) is 4.28. The van der Waals surface area contributed by atoms with Crippen molar-refractivity contribution in [3.8, 4) is 28.8 Å². The Kier molecular flexibility index (Phi) is 5.28. The van der Waals surface area contributed by atoms with Gasteiger partial charge in [-0.05, 0) is 30.4 Å². The van der Waals surface area contributed by atoms with Gasteiger partial charge in [0.25, 0.3) is 0 Å². The lowest BCUT2D eigenvalue weighted by Gasteiger charge is -2.11. The number of aromatic amines is 1. The number of nitrogens with zero attached hydrogens (tertiary/aromatic N) is 4. The summed E-state index contributed by atoms with van der Waals surface area (Å²) < 4.78 is 17.9. The third-order valence-electron chi connectivity index (χ3n) is 3.59. The maximum atomic E-state index is 5.40. The smallest absolute Gasteiger partial charge is 0.216 e. The van der Waals surface area contributed by atoms with Crippen molar-refractivity contribution in [2.75, 3.05) is 21.3 Å². The first-order valence-electron chi connectivity index (χ1n) is 7.61. The number of rotatable bonds is 6. The topological polar surface area (TPSA) is 86.5 Å². The Bertz CT molecular complexity index is 982. The molecule has 8 nitrogen and oxygen atoms in total. The van der Waals surface area contributed by atoms with E-state index in [1.54, 1.807) is 45.9 Å². The molecule has 9 heteroatoms. The predicted molar refractivity (Wildman–Crippen MR) is 99.7 cm³/mol. The van der Waals surface area contributed by atoms with Gasteiger partial charge in [-0.1, -0.05) is 6.07 Å². The Labute approximate surface area is 155 Å². The first-order valence-corrected chi connectivity index (χ1v) is 8.02. The molecule has 0 bridgehead atoms. The number of benzene rings is 1. The van der Waals surface area contributed by atoms with Crippen LogP contribution in [-0.4, -0.2) is 47.4 Å². The lowest BCUT2D eigenvalue weighted by atomic mass is 10.2. The Balaban J connectivity index is 2.04. The average Bonchev–Trinajstić information content (AvgIpc) is 3.06. The van der Waals surface area contributed by atoms with Crippen LogP contribution >= 0.6 is 12.2 Å². The SMILES string of the molecule is COc1cc(OC)c(OC)cc1/C=N/n1c(-c2ccccn2)n[nH]c1=S. The first-order chi connectivity index (χ1) is 12.7. The van der Waals surface area contributed by atoms with Crippen LogP contribution in [0.25, 0.3) is 11.5 Å². The first kappa shape index (κ1) is 17.6. The summed E-state index contributed by atoms with van der Waals surface area (Å²) in [6, 6.07) is 9.02. The van der Waals surface area contributed by atoms with Crippen LogP contribution in [0.1, 0.15) is 5.56 Å². The average molecular weight is 371 g/mol. The number of nitrogens with one attached hydrogen (secondary N) is 1. The second-order valence-corrected chi connectivity index (χ2v) is 5.46. The zero-order valence-electron chi connectivity index (χ0n) is 14.5. The van der Waals surface area contributed by atoms with Gasteiger partial charge in [0.1, 0.15) is 11.4 Å². The van der Waals surface area contributed by atoms with Crippen molar-refractivity contribution < 1.29 is 14.2 Å². The fourth-order valence-corrected chi connectivity index (χ4v) is 2.51. The van der Waals surface area contributed by atoms with Crippen LogP contribution in [0.15, 0.2) is 41.6 Å². The molecule has 2 heterocycles. The highest BCUT2D eigenvalue weighted by Gasteiger charge is 2.12. The van der Waals surface area contributed by atoms with Gasteiger partial charge in [0.05, 0.1) is 27.5 Å². The quantitative estimate of drug-likeness (QED) is 0.530. The van der Waals surface area contributed by atoms with Crippen LogP contribution in [0.4, 0.5) is 0 Å². The second-order valence-electron chi connectivity index (χ2n) is 5.07. The van der Waals surface area contributed by atoms with Crippen LogP contribution in [0.3, 0.4) is 0 Å². The van der Waals surface area contributed by atoms with Gasteiger partial charge < -0.3 is 14.2 Å². The molecule has 0 saturated carbocycles. The summed E-state index contributed by atoms with van der Waals surface area (Å²) in [7, 11) is 4.70. The van der Waals surface area contributed by atoms with E-state index in [2.05, 4.69) is 20.3 Å². The van der Waals surface area contributed by atoms with E-state index in [1.165, 1.54) is 4.68 Å². The lowest BCUT2D eigenvalue weighted by molar-refractivity contribution is 0.349. The lowest BCUT2D eigenvalue weighted by Crippen LogP contribution is -1.99. The molecule has 0 aliphatic rings. The van der Waals surface area contributed by atoms with E-state index in [4.69, 9.17) is 26.4 Å². The van der Waals surface area contributed by atoms with Gasteiger partial charge in [-0.2, -0.15) is 14.9 Å². The minimum absolute atomic E-state index is 0.348. The monoisotopic (exact) mass is 371 g/mol. The predicted octanol–water partition coefficient (Wildman–Crippen LogP) is 2.91. The summed E-state index contributed by atoms with van der Waals surface area (Å²) in [6.45, 7) is 0. The van der Waals surface area contributed by atoms with Crippen LogP contribution in [0.2, 0.25) is 0 Å². The van der Waals surface area contributed by atoms with E-state index >= 15 is 0 Å². The van der Waals surface area contributed by atoms with E-state index in [9.17, 15) is 0 Å². The molecule has 3 aromatic rings. The van der Waals surface area contributed by atoms with Crippen molar-refractivity contribution in [3.63, 3.8) is 0 Å². The van der Waals surface area contributed by atoms with Crippen molar-refractivity contribution in [2.45, 2.75) is 0 Å². The third kappa shape index (κ3) is 3.42. The van der Waals surface area contributed by atoms with E-state index in [0.29, 0.717) is 39.1 Å².